The Kier molecular flexibility index (Phi) is 10.0. The molecule has 0 aliphatic rings. The molecule has 0 saturated heterocycles. The fourth-order valence-corrected chi connectivity index (χ4v) is 2.85. The quantitative estimate of drug-likeness (QED) is 0.440. The average Bonchev–Trinajstić information content (AvgIpc) is 2.49. The Morgan fingerprint density at radius 3 is 2.00 bits per heavy atom. The topological polar surface area (TPSA) is 20.2 Å². The van der Waals surface area contributed by atoms with Crippen LogP contribution in [0.3, 0.4) is 0 Å². The molecule has 0 aliphatic carbocycles. The van der Waals surface area contributed by atoms with Crippen molar-refractivity contribution in [1.82, 2.24) is 0 Å². The van der Waals surface area contributed by atoms with E-state index in [-0.39, 0.29) is 0 Å². The van der Waals surface area contributed by atoms with Gasteiger partial charge in [-0.1, -0.05) is 77.3 Å². The molecule has 0 aromatic heterocycles. The SMILES string of the molecule is CCCCCCCCCc1cc(CCCCC)ccc1O. The van der Waals surface area contributed by atoms with Gasteiger partial charge < -0.3 is 5.11 Å². The summed E-state index contributed by atoms with van der Waals surface area (Å²) in [6.07, 6.45) is 15.3. The van der Waals surface area contributed by atoms with Gasteiger partial charge in [-0.2, -0.15) is 0 Å². The fourth-order valence-electron chi connectivity index (χ4n) is 2.85. The molecule has 0 radical (unpaired) electrons. The second kappa shape index (κ2) is 11.7. The minimum Gasteiger partial charge on any atom is -0.508 e. The number of phenolic OH excluding ortho intramolecular Hbond substituents is 1. The molecule has 120 valence electrons. The number of rotatable bonds is 12. The molecule has 1 N–H and O–H groups in total. The van der Waals surface area contributed by atoms with Gasteiger partial charge in [0.1, 0.15) is 5.75 Å². The van der Waals surface area contributed by atoms with Crippen LogP contribution in [0.2, 0.25) is 0 Å². The van der Waals surface area contributed by atoms with Crippen molar-refractivity contribution in [3.8, 4) is 5.75 Å². The molecular weight excluding hydrogens is 256 g/mol. The molecule has 0 fully saturated rings. The summed E-state index contributed by atoms with van der Waals surface area (Å²) >= 11 is 0. The van der Waals surface area contributed by atoms with Crippen LogP contribution in [0.4, 0.5) is 0 Å². The molecular formula is C20H34O. The Bertz CT molecular complexity index is 370. The standard InChI is InChI=1S/C20H34O/c1-3-5-7-8-9-10-12-14-19-17-18(13-11-6-4-2)15-16-20(19)21/h15-17,21H,3-14H2,1-2H3. The van der Waals surface area contributed by atoms with E-state index in [1.165, 1.54) is 69.8 Å². The Morgan fingerprint density at radius 2 is 1.29 bits per heavy atom. The summed E-state index contributed by atoms with van der Waals surface area (Å²) in [5.74, 6) is 0.486. The zero-order valence-electron chi connectivity index (χ0n) is 14.2. The van der Waals surface area contributed by atoms with E-state index in [4.69, 9.17) is 0 Å². The second-order valence-corrected chi connectivity index (χ2v) is 6.29. The lowest BCUT2D eigenvalue weighted by atomic mass is 9.99. The van der Waals surface area contributed by atoms with Gasteiger partial charge in [-0.05, 0) is 42.9 Å². The first-order valence-electron chi connectivity index (χ1n) is 9.08. The lowest BCUT2D eigenvalue weighted by Gasteiger charge is -2.08. The zero-order valence-corrected chi connectivity index (χ0v) is 14.2. The Labute approximate surface area is 131 Å². The number of unbranched alkanes of at least 4 members (excludes halogenated alkanes) is 8. The smallest absolute Gasteiger partial charge is 0.118 e. The first-order valence-corrected chi connectivity index (χ1v) is 9.08. The maximum Gasteiger partial charge on any atom is 0.118 e. The van der Waals surface area contributed by atoms with E-state index < -0.39 is 0 Å². The molecule has 1 nitrogen and oxygen atoms in total. The highest BCUT2D eigenvalue weighted by Gasteiger charge is 2.03. The third-order valence-electron chi connectivity index (χ3n) is 4.26. The largest absolute Gasteiger partial charge is 0.508 e. The summed E-state index contributed by atoms with van der Waals surface area (Å²) in [7, 11) is 0. The highest BCUT2D eigenvalue weighted by molar-refractivity contribution is 5.36. The summed E-state index contributed by atoms with van der Waals surface area (Å²) in [4.78, 5) is 0. The number of benzene rings is 1. The lowest BCUT2D eigenvalue weighted by Crippen LogP contribution is -1.92. The highest BCUT2D eigenvalue weighted by Crippen LogP contribution is 2.22. The Hall–Kier alpha value is -0.980. The molecule has 1 aromatic rings. The molecule has 1 rings (SSSR count). The molecule has 0 spiro atoms. The summed E-state index contributed by atoms with van der Waals surface area (Å²) in [5, 5.41) is 9.98. The van der Waals surface area contributed by atoms with Gasteiger partial charge in [-0.25, -0.2) is 0 Å². The van der Waals surface area contributed by atoms with Crippen LogP contribution in [-0.4, -0.2) is 5.11 Å². The molecule has 0 saturated carbocycles. The summed E-state index contributed by atoms with van der Waals surface area (Å²) < 4.78 is 0. The molecule has 0 amide bonds. The van der Waals surface area contributed by atoms with Crippen molar-refractivity contribution in [3.05, 3.63) is 29.3 Å². The van der Waals surface area contributed by atoms with Crippen LogP contribution in [0.1, 0.15) is 89.2 Å². The summed E-state index contributed by atoms with van der Waals surface area (Å²) in [5.41, 5.74) is 2.54. The average molecular weight is 290 g/mol. The molecule has 21 heavy (non-hydrogen) atoms. The maximum absolute atomic E-state index is 9.98. The predicted octanol–water partition coefficient (Wildman–Crippen LogP) is 6.42. The van der Waals surface area contributed by atoms with Crippen molar-refractivity contribution in [3.63, 3.8) is 0 Å². The van der Waals surface area contributed by atoms with Gasteiger partial charge in [0.2, 0.25) is 0 Å². The number of aromatic hydroxyl groups is 1. The van der Waals surface area contributed by atoms with Crippen molar-refractivity contribution in [2.75, 3.05) is 0 Å². The maximum atomic E-state index is 9.98. The molecule has 0 bridgehead atoms. The van der Waals surface area contributed by atoms with Crippen LogP contribution in [0, 0.1) is 0 Å². The highest BCUT2D eigenvalue weighted by atomic mass is 16.3. The van der Waals surface area contributed by atoms with Crippen molar-refractivity contribution in [2.45, 2.75) is 90.9 Å². The van der Waals surface area contributed by atoms with Gasteiger partial charge in [-0.15, -0.1) is 0 Å². The van der Waals surface area contributed by atoms with Gasteiger partial charge in [0.05, 0.1) is 0 Å². The number of hydrogen-bond donors (Lipinski definition) is 1. The Balaban J connectivity index is 2.27. The Morgan fingerprint density at radius 1 is 0.714 bits per heavy atom. The number of phenols is 1. The summed E-state index contributed by atoms with van der Waals surface area (Å²) in [6.45, 7) is 4.50. The number of aryl methyl sites for hydroxylation is 2. The third kappa shape index (κ3) is 8.14. The van der Waals surface area contributed by atoms with Gasteiger partial charge >= 0.3 is 0 Å². The van der Waals surface area contributed by atoms with Crippen molar-refractivity contribution in [1.29, 1.82) is 0 Å². The molecule has 0 heterocycles. The molecule has 0 unspecified atom stereocenters. The van der Waals surface area contributed by atoms with E-state index >= 15 is 0 Å². The first-order chi connectivity index (χ1) is 10.3. The van der Waals surface area contributed by atoms with E-state index in [1.54, 1.807) is 0 Å². The predicted molar refractivity (Wildman–Crippen MR) is 93.0 cm³/mol. The third-order valence-corrected chi connectivity index (χ3v) is 4.26. The minimum absolute atomic E-state index is 0.486. The molecule has 0 aliphatic heterocycles. The van der Waals surface area contributed by atoms with Crippen LogP contribution in [0.25, 0.3) is 0 Å². The lowest BCUT2D eigenvalue weighted by molar-refractivity contribution is 0.465. The monoisotopic (exact) mass is 290 g/mol. The molecule has 1 aromatic carbocycles. The normalized spacial score (nSPS) is 11.0. The van der Waals surface area contributed by atoms with Crippen LogP contribution in [0.5, 0.6) is 5.75 Å². The van der Waals surface area contributed by atoms with E-state index in [9.17, 15) is 5.11 Å². The van der Waals surface area contributed by atoms with E-state index in [0.717, 1.165) is 18.4 Å². The van der Waals surface area contributed by atoms with Crippen molar-refractivity contribution >= 4 is 0 Å². The second-order valence-electron chi connectivity index (χ2n) is 6.29. The van der Waals surface area contributed by atoms with Gasteiger partial charge in [-0.3, -0.25) is 0 Å². The van der Waals surface area contributed by atoms with E-state index in [0.29, 0.717) is 5.75 Å². The van der Waals surface area contributed by atoms with Crippen LogP contribution in [0.15, 0.2) is 18.2 Å². The van der Waals surface area contributed by atoms with Gasteiger partial charge in [0, 0.05) is 0 Å². The molecule has 1 heteroatoms. The minimum atomic E-state index is 0.486. The van der Waals surface area contributed by atoms with E-state index in [2.05, 4.69) is 26.0 Å². The van der Waals surface area contributed by atoms with Crippen LogP contribution >= 0.6 is 0 Å². The van der Waals surface area contributed by atoms with Gasteiger partial charge in [0.15, 0.2) is 0 Å². The molecule has 0 atom stereocenters. The van der Waals surface area contributed by atoms with Crippen LogP contribution in [-0.2, 0) is 12.8 Å². The zero-order chi connectivity index (χ0) is 15.3. The van der Waals surface area contributed by atoms with Crippen LogP contribution < -0.4 is 0 Å². The first kappa shape index (κ1) is 18.1. The summed E-state index contributed by atoms with van der Waals surface area (Å²) in [6, 6.07) is 6.19. The fraction of sp³-hybridized carbons (Fsp3) is 0.700. The van der Waals surface area contributed by atoms with Gasteiger partial charge in [0.25, 0.3) is 0 Å². The van der Waals surface area contributed by atoms with E-state index in [1.807, 2.05) is 6.07 Å². The van der Waals surface area contributed by atoms with Crippen molar-refractivity contribution < 1.29 is 5.11 Å². The number of hydrogen-bond acceptors (Lipinski definition) is 1. The van der Waals surface area contributed by atoms with Crippen molar-refractivity contribution in [2.24, 2.45) is 0 Å².